The third-order valence-corrected chi connectivity index (χ3v) is 4.71. The standard InChI is InChI=1S/C21H28N6O2/c1-3-22-21(23-14-19-15-27(25-24-19)16-20(28)29-2)26-11-9-18(10-12-26)13-17-7-5-4-6-8-17/h4-8,13,15H,3,9-12,14,16H2,1-2H3,(H,22,23). The molecule has 1 fully saturated rings. The van der Waals surface area contributed by atoms with Crippen LogP contribution in [0.25, 0.3) is 6.08 Å². The largest absolute Gasteiger partial charge is 0.468 e. The lowest BCUT2D eigenvalue weighted by Crippen LogP contribution is -2.44. The number of benzene rings is 1. The maximum Gasteiger partial charge on any atom is 0.327 e. The van der Waals surface area contributed by atoms with Crippen LogP contribution in [0.15, 0.2) is 47.1 Å². The molecule has 1 aromatic heterocycles. The van der Waals surface area contributed by atoms with Crippen molar-refractivity contribution in [1.82, 2.24) is 25.2 Å². The molecule has 0 bridgehead atoms. The summed E-state index contributed by atoms with van der Waals surface area (Å²) < 4.78 is 6.11. The number of hydrogen-bond donors (Lipinski definition) is 1. The van der Waals surface area contributed by atoms with Crippen LogP contribution in [-0.2, 0) is 22.6 Å². The summed E-state index contributed by atoms with van der Waals surface area (Å²) in [5.74, 6) is 0.528. The number of rotatable bonds is 6. The van der Waals surface area contributed by atoms with E-state index in [1.54, 1.807) is 6.20 Å². The highest BCUT2D eigenvalue weighted by atomic mass is 16.5. The smallest absolute Gasteiger partial charge is 0.327 e. The molecular weight excluding hydrogens is 368 g/mol. The van der Waals surface area contributed by atoms with Crippen LogP contribution in [0.4, 0.5) is 0 Å². The Balaban J connectivity index is 1.58. The lowest BCUT2D eigenvalue weighted by Gasteiger charge is -2.31. The van der Waals surface area contributed by atoms with Gasteiger partial charge in [-0.25, -0.2) is 9.67 Å². The topological polar surface area (TPSA) is 84.6 Å². The molecule has 8 heteroatoms. The number of piperidine rings is 1. The molecule has 29 heavy (non-hydrogen) atoms. The molecule has 0 aliphatic carbocycles. The van der Waals surface area contributed by atoms with Crippen LogP contribution in [0.3, 0.4) is 0 Å². The molecule has 1 aliphatic heterocycles. The maximum absolute atomic E-state index is 11.3. The van der Waals surface area contributed by atoms with Crippen molar-refractivity contribution in [3.63, 3.8) is 0 Å². The van der Waals surface area contributed by atoms with Crippen LogP contribution in [0.2, 0.25) is 0 Å². The van der Waals surface area contributed by atoms with Crippen molar-refractivity contribution >= 4 is 18.0 Å². The van der Waals surface area contributed by atoms with E-state index in [1.807, 2.05) is 6.07 Å². The maximum atomic E-state index is 11.3. The highest BCUT2D eigenvalue weighted by Crippen LogP contribution is 2.19. The van der Waals surface area contributed by atoms with Crippen LogP contribution in [0, 0.1) is 0 Å². The number of aliphatic imine (C=N–C) groups is 1. The lowest BCUT2D eigenvalue weighted by molar-refractivity contribution is -0.141. The van der Waals surface area contributed by atoms with Gasteiger partial charge in [0.25, 0.3) is 0 Å². The Morgan fingerprint density at radius 2 is 2.03 bits per heavy atom. The summed E-state index contributed by atoms with van der Waals surface area (Å²) >= 11 is 0. The molecule has 2 heterocycles. The molecule has 0 unspecified atom stereocenters. The van der Waals surface area contributed by atoms with E-state index in [0.29, 0.717) is 12.2 Å². The average molecular weight is 396 g/mol. The first kappa shape index (κ1) is 20.6. The van der Waals surface area contributed by atoms with Gasteiger partial charge in [0.2, 0.25) is 0 Å². The zero-order valence-corrected chi connectivity index (χ0v) is 17.0. The van der Waals surface area contributed by atoms with Gasteiger partial charge in [-0.3, -0.25) is 4.79 Å². The molecule has 1 saturated heterocycles. The fourth-order valence-electron chi connectivity index (χ4n) is 3.20. The zero-order valence-electron chi connectivity index (χ0n) is 17.0. The van der Waals surface area contributed by atoms with Crippen molar-refractivity contribution in [2.75, 3.05) is 26.7 Å². The minimum atomic E-state index is -0.356. The second-order valence-electron chi connectivity index (χ2n) is 6.85. The summed E-state index contributed by atoms with van der Waals surface area (Å²) in [5.41, 5.74) is 3.44. The van der Waals surface area contributed by atoms with Gasteiger partial charge < -0.3 is 15.0 Å². The molecule has 2 aromatic rings. The number of methoxy groups -OCH3 is 1. The number of esters is 1. The Kier molecular flexibility index (Phi) is 7.38. The van der Waals surface area contributed by atoms with Gasteiger partial charge in [0, 0.05) is 19.6 Å². The van der Waals surface area contributed by atoms with Gasteiger partial charge in [-0.15, -0.1) is 5.10 Å². The van der Waals surface area contributed by atoms with E-state index in [9.17, 15) is 4.79 Å². The Labute approximate surface area is 171 Å². The monoisotopic (exact) mass is 396 g/mol. The highest BCUT2D eigenvalue weighted by Gasteiger charge is 2.17. The van der Waals surface area contributed by atoms with Gasteiger partial charge in [0.15, 0.2) is 5.96 Å². The first-order valence-electron chi connectivity index (χ1n) is 9.91. The fourth-order valence-corrected chi connectivity index (χ4v) is 3.20. The number of ether oxygens (including phenoxy) is 1. The molecule has 1 aromatic carbocycles. The second-order valence-corrected chi connectivity index (χ2v) is 6.85. The third kappa shape index (κ3) is 6.17. The molecular formula is C21H28N6O2. The molecule has 1 N–H and O–H groups in total. The molecule has 0 amide bonds. The summed E-state index contributed by atoms with van der Waals surface area (Å²) in [6.45, 7) is 5.19. The van der Waals surface area contributed by atoms with Gasteiger partial charge >= 0.3 is 5.97 Å². The van der Waals surface area contributed by atoms with Gasteiger partial charge in [0.05, 0.1) is 19.9 Å². The Bertz CT molecular complexity index is 849. The average Bonchev–Trinajstić information content (AvgIpc) is 3.19. The molecule has 154 valence electrons. The van der Waals surface area contributed by atoms with Crippen LogP contribution in [-0.4, -0.2) is 58.6 Å². The number of hydrogen-bond acceptors (Lipinski definition) is 5. The Hall–Kier alpha value is -3.16. The molecule has 0 atom stereocenters. The van der Waals surface area contributed by atoms with Crippen molar-refractivity contribution < 1.29 is 9.53 Å². The normalized spacial score (nSPS) is 14.6. The van der Waals surface area contributed by atoms with Gasteiger partial charge in [-0.1, -0.05) is 47.2 Å². The van der Waals surface area contributed by atoms with E-state index in [0.717, 1.165) is 38.4 Å². The number of nitrogens with zero attached hydrogens (tertiary/aromatic N) is 5. The van der Waals surface area contributed by atoms with E-state index in [-0.39, 0.29) is 12.5 Å². The fraction of sp³-hybridized carbons (Fsp3) is 0.429. The van der Waals surface area contributed by atoms with E-state index < -0.39 is 0 Å². The van der Waals surface area contributed by atoms with Crippen molar-refractivity contribution in [2.45, 2.75) is 32.9 Å². The first-order chi connectivity index (χ1) is 14.2. The number of carbonyl (C=O) groups excluding carboxylic acids is 1. The summed E-state index contributed by atoms with van der Waals surface area (Å²) in [6, 6.07) is 10.5. The van der Waals surface area contributed by atoms with Gasteiger partial charge in [0.1, 0.15) is 12.2 Å². The molecule has 8 nitrogen and oxygen atoms in total. The molecule has 3 rings (SSSR count). The number of likely N-dealkylation sites (tertiary alicyclic amines) is 1. The second kappa shape index (κ2) is 10.4. The zero-order chi connectivity index (χ0) is 20.5. The van der Waals surface area contributed by atoms with Crippen molar-refractivity contribution in [2.24, 2.45) is 4.99 Å². The quantitative estimate of drug-likeness (QED) is 0.457. The minimum absolute atomic E-state index is 0.0515. The molecule has 0 saturated carbocycles. The number of nitrogens with one attached hydrogen (secondary N) is 1. The number of guanidine groups is 1. The van der Waals surface area contributed by atoms with Crippen molar-refractivity contribution in [1.29, 1.82) is 0 Å². The van der Waals surface area contributed by atoms with Gasteiger partial charge in [-0.2, -0.15) is 0 Å². The van der Waals surface area contributed by atoms with Crippen LogP contribution in [0.5, 0.6) is 0 Å². The highest BCUT2D eigenvalue weighted by molar-refractivity contribution is 5.80. The summed E-state index contributed by atoms with van der Waals surface area (Å²) in [6.07, 6.45) is 6.06. The van der Waals surface area contributed by atoms with E-state index in [1.165, 1.54) is 22.9 Å². The van der Waals surface area contributed by atoms with Crippen molar-refractivity contribution in [3.05, 3.63) is 53.4 Å². The molecule has 0 spiro atoms. The van der Waals surface area contributed by atoms with E-state index in [4.69, 9.17) is 4.99 Å². The molecule has 0 radical (unpaired) electrons. The van der Waals surface area contributed by atoms with Gasteiger partial charge in [-0.05, 0) is 25.3 Å². The SMILES string of the molecule is CCNC(=NCc1cn(CC(=O)OC)nn1)N1CCC(=Cc2ccccc2)CC1. The third-order valence-electron chi connectivity index (χ3n) is 4.71. The predicted octanol–water partition coefficient (Wildman–Crippen LogP) is 2.10. The molecule has 1 aliphatic rings. The van der Waals surface area contributed by atoms with E-state index >= 15 is 0 Å². The van der Waals surface area contributed by atoms with Crippen LogP contribution >= 0.6 is 0 Å². The van der Waals surface area contributed by atoms with Crippen LogP contribution in [0.1, 0.15) is 31.0 Å². The minimum Gasteiger partial charge on any atom is -0.468 e. The van der Waals surface area contributed by atoms with Crippen LogP contribution < -0.4 is 5.32 Å². The summed E-state index contributed by atoms with van der Waals surface area (Å²) in [4.78, 5) is 18.3. The first-order valence-corrected chi connectivity index (χ1v) is 9.91. The lowest BCUT2D eigenvalue weighted by atomic mass is 10.0. The number of aromatic nitrogens is 3. The summed E-state index contributed by atoms with van der Waals surface area (Å²) in [5, 5.41) is 11.4. The summed E-state index contributed by atoms with van der Waals surface area (Å²) in [7, 11) is 1.35. The predicted molar refractivity (Wildman–Crippen MR) is 112 cm³/mol. The van der Waals surface area contributed by atoms with Crippen molar-refractivity contribution in [3.8, 4) is 0 Å². The van der Waals surface area contributed by atoms with E-state index in [2.05, 4.69) is 62.5 Å². The Morgan fingerprint density at radius 3 is 2.72 bits per heavy atom. The Morgan fingerprint density at radius 1 is 1.28 bits per heavy atom. The number of carbonyl (C=O) groups is 1.